The Hall–Kier alpha value is -3.41. The fourth-order valence-electron chi connectivity index (χ4n) is 2.00. The number of esters is 1. The fraction of sp³-hybridized carbons (Fsp3) is 0. The summed E-state index contributed by atoms with van der Waals surface area (Å²) >= 11 is 0. The monoisotopic (exact) mass is 322 g/mol. The molecule has 0 atom stereocenters. The van der Waals surface area contributed by atoms with Crippen molar-refractivity contribution in [2.45, 2.75) is 0 Å². The predicted octanol–water partition coefficient (Wildman–Crippen LogP) is 3.31. The molecule has 1 aromatic heterocycles. The van der Waals surface area contributed by atoms with Crippen molar-refractivity contribution in [1.82, 2.24) is 9.97 Å². The van der Waals surface area contributed by atoms with Crippen molar-refractivity contribution in [2.75, 3.05) is 0 Å². The quantitative estimate of drug-likeness (QED) is 0.419. The summed E-state index contributed by atoms with van der Waals surface area (Å²) in [5, 5.41) is 0. The Morgan fingerprint density at radius 3 is 2.38 bits per heavy atom. The van der Waals surface area contributed by atoms with Gasteiger partial charge < -0.3 is 4.74 Å². The third-order valence-corrected chi connectivity index (χ3v) is 3.20. The molecule has 3 rings (SSSR count). The van der Waals surface area contributed by atoms with Crippen LogP contribution in [0.5, 0.6) is 5.75 Å². The molecule has 0 aliphatic rings. The molecule has 0 saturated carbocycles. The first-order valence-corrected chi connectivity index (χ1v) is 7.02. The van der Waals surface area contributed by atoms with Gasteiger partial charge in [-0.05, 0) is 54.6 Å². The minimum absolute atomic E-state index is 0.252. The van der Waals surface area contributed by atoms with Crippen LogP contribution in [0.2, 0.25) is 0 Å². The second kappa shape index (κ2) is 6.78. The van der Waals surface area contributed by atoms with Gasteiger partial charge in [0.25, 0.3) is 0 Å². The highest BCUT2D eigenvalue weighted by molar-refractivity contribution is 5.91. The van der Waals surface area contributed by atoms with Crippen LogP contribution in [-0.2, 0) is 0 Å². The van der Waals surface area contributed by atoms with Crippen LogP contribution in [0.1, 0.15) is 20.8 Å². The summed E-state index contributed by atoms with van der Waals surface area (Å²) in [5.41, 5.74) is 1.22. The first-order valence-electron chi connectivity index (χ1n) is 7.02. The smallest absolute Gasteiger partial charge is 0.343 e. The lowest BCUT2D eigenvalue weighted by Crippen LogP contribution is -2.08. The van der Waals surface area contributed by atoms with E-state index in [4.69, 9.17) is 4.74 Å². The Bertz CT molecular complexity index is 878. The van der Waals surface area contributed by atoms with Gasteiger partial charge in [0.15, 0.2) is 12.1 Å². The van der Waals surface area contributed by atoms with E-state index < -0.39 is 11.8 Å². The molecule has 0 spiro atoms. The summed E-state index contributed by atoms with van der Waals surface area (Å²) in [7, 11) is 0. The lowest BCUT2D eigenvalue weighted by atomic mass is 10.2. The largest absolute Gasteiger partial charge is 0.423 e. The number of halogens is 1. The third kappa shape index (κ3) is 3.49. The van der Waals surface area contributed by atoms with E-state index in [9.17, 15) is 14.0 Å². The first-order chi connectivity index (χ1) is 11.7. The van der Waals surface area contributed by atoms with Crippen molar-refractivity contribution in [3.63, 3.8) is 0 Å². The highest BCUT2D eigenvalue weighted by Crippen LogP contribution is 2.20. The van der Waals surface area contributed by atoms with E-state index in [1.54, 1.807) is 24.3 Å². The van der Waals surface area contributed by atoms with Gasteiger partial charge in [-0.15, -0.1) is 0 Å². The van der Waals surface area contributed by atoms with Crippen LogP contribution in [0.3, 0.4) is 0 Å². The van der Waals surface area contributed by atoms with E-state index in [0.717, 1.165) is 0 Å². The number of aldehydes is 1. The summed E-state index contributed by atoms with van der Waals surface area (Å²) in [6.07, 6.45) is 2.14. The predicted molar refractivity (Wildman–Crippen MR) is 84.2 cm³/mol. The van der Waals surface area contributed by atoms with Gasteiger partial charge >= 0.3 is 5.97 Å². The standard InChI is InChI=1S/C18H11FN2O3/c19-14-5-1-13(2-6-14)18(23)24-16-7-3-12(4-8-16)17-20-10-9-15(11-22)21-17/h1-11H. The number of carbonyl (C=O) groups is 2. The number of nitrogens with zero attached hydrogens (tertiary/aromatic N) is 2. The van der Waals surface area contributed by atoms with Crippen molar-refractivity contribution in [2.24, 2.45) is 0 Å². The number of benzene rings is 2. The molecule has 24 heavy (non-hydrogen) atoms. The molecule has 1 heterocycles. The second-order valence-electron chi connectivity index (χ2n) is 4.84. The zero-order chi connectivity index (χ0) is 16.9. The van der Waals surface area contributed by atoms with Crippen LogP contribution in [0, 0.1) is 5.82 Å². The molecule has 0 unspecified atom stereocenters. The number of aromatic nitrogens is 2. The zero-order valence-electron chi connectivity index (χ0n) is 12.3. The van der Waals surface area contributed by atoms with Gasteiger partial charge in [0.2, 0.25) is 0 Å². The highest BCUT2D eigenvalue weighted by Gasteiger charge is 2.09. The number of hydrogen-bond donors (Lipinski definition) is 0. The molecule has 0 N–H and O–H groups in total. The molecular weight excluding hydrogens is 311 g/mol. The molecule has 0 bridgehead atoms. The molecule has 0 fully saturated rings. The summed E-state index contributed by atoms with van der Waals surface area (Å²) in [6.45, 7) is 0. The number of ether oxygens (including phenoxy) is 1. The van der Waals surface area contributed by atoms with E-state index in [1.165, 1.54) is 36.5 Å². The molecule has 0 aliphatic heterocycles. The Morgan fingerprint density at radius 1 is 1.00 bits per heavy atom. The summed E-state index contributed by atoms with van der Waals surface area (Å²) in [6, 6.07) is 13.1. The lowest BCUT2D eigenvalue weighted by Gasteiger charge is -2.05. The highest BCUT2D eigenvalue weighted by atomic mass is 19.1. The van der Waals surface area contributed by atoms with Gasteiger partial charge in [-0.1, -0.05) is 0 Å². The van der Waals surface area contributed by atoms with Crippen molar-refractivity contribution in [1.29, 1.82) is 0 Å². The topological polar surface area (TPSA) is 69.2 Å². The maximum Gasteiger partial charge on any atom is 0.343 e. The zero-order valence-corrected chi connectivity index (χ0v) is 12.3. The lowest BCUT2D eigenvalue weighted by molar-refractivity contribution is 0.0734. The second-order valence-corrected chi connectivity index (χ2v) is 4.84. The van der Waals surface area contributed by atoms with Crippen LogP contribution in [0.25, 0.3) is 11.4 Å². The number of rotatable bonds is 4. The van der Waals surface area contributed by atoms with Crippen LogP contribution in [0.4, 0.5) is 4.39 Å². The molecule has 0 aliphatic carbocycles. The van der Waals surface area contributed by atoms with Crippen LogP contribution in [0.15, 0.2) is 60.8 Å². The minimum atomic E-state index is -0.582. The summed E-state index contributed by atoms with van der Waals surface area (Å²) < 4.78 is 18.1. The van der Waals surface area contributed by atoms with Gasteiger partial charge in [-0.3, -0.25) is 4.79 Å². The SMILES string of the molecule is O=Cc1ccnc(-c2ccc(OC(=O)c3ccc(F)cc3)cc2)n1. The average Bonchev–Trinajstić information content (AvgIpc) is 2.63. The van der Waals surface area contributed by atoms with E-state index in [0.29, 0.717) is 23.4 Å². The van der Waals surface area contributed by atoms with Crippen LogP contribution >= 0.6 is 0 Å². The Labute approximate surface area is 136 Å². The maximum absolute atomic E-state index is 12.9. The van der Waals surface area contributed by atoms with Crippen molar-refractivity contribution in [3.8, 4) is 17.1 Å². The van der Waals surface area contributed by atoms with Crippen LogP contribution < -0.4 is 4.74 Å². The molecular formula is C18H11FN2O3. The molecule has 2 aromatic carbocycles. The Morgan fingerprint density at radius 2 is 1.71 bits per heavy atom. The van der Waals surface area contributed by atoms with Gasteiger partial charge in [-0.25, -0.2) is 19.2 Å². The normalized spacial score (nSPS) is 10.2. The molecule has 5 nitrogen and oxygen atoms in total. The molecule has 0 radical (unpaired) electrons. The van der Waals surface area contributed by atoms with Gasteiger partial charge in [0.1, 0.15) is 17.3 Å². The summed E-state index contributed by atoms with van der Waals surface area (Å²) in [4.78, 5) is 30.9. The van der Waals surface area contributed by atoms with Crippen LogP contribution in [-0.4, -0.2) is 22.2 Å². The molecule has 0 amide bonds. The molecule has 3 aromatic rings. The van der Waals surface area contributed by atoms with E-state index >= 15 is 0 Å². The number of hydrogen-bond acceptors (Lipinski definition) is 5. The number of carbonyl (C=O) groups excluding carboxylic acids is 2. The van der Waals surface area contributed by atoms with Crippen molar-refractivity contribution in [3.05, 3.63) is 77.9 Å². The molecule has 0 saturated heterocycles. The minimum Gasteiger partial charge on any atom is -0.423 e. The first kappa shape index (κ1) is 15.5. The van der Waals surface area contributed by atoms with E-state index in [1.807, 2.05) is 0 Å². The van der Waals surface area contributed by atoms with Crippen molar-refractivity contribution >= 4 is 12.3 Å². The van der Waals surface area contributed by atoms with Gasteiger partial charge in [0.05, 0.1) is 5.56 Å². The Kier molecular flexibility index (Phi) is 4.38. The summed E-state index contributed by atoms with van der Waals surface area (Å²) in [5.74, 6) is -0.272. The molecule has 6 heteroatoms. The van der Waals surface area contributed by atoms with E-state index in [-0.39, 0.29) is 11.3 Å². The van der Waals surface area contributed by atoms with E-state index in [2.05, 4.69) is 9.97 Å². The van der Waals surface area contributed by atoms with Gasteiger partial charge in [0, 0.05) is 11.8 Å². The van der Waals surface area contributed by atoms with Gasteiger partial charge in [-0.2, -0.15) is 0 Å². The van der Waals surface area contributed by atoms with Crippen molar-refractivity contribution < 1.29 is 18.7 Å². The Balaban J connectivity index is 1.75. The fourth-order valence-corrected chi connectivity index (χ4v) is 2.00. The average molecular weight is 322 g/mol. The third-order valence-electron chi connectivity index (χ3n) is 3.20. The maximum atomic E-state index is 12.9. The molecule has 118 valence electrons.